The third-order valence-electron chi connectivity index (χ3n) is 10.5. The minimum Gasteiger partial charge on any atom is -0.481 e. The van der Waals surface area contributed by atoms with Gasteiger partial charge in [-0.05, 0) is 97.7 Å². The predicted molar refractivity (Wildman–Crippen MR) is 115 cm³/mol. The second-order valence-electron chi connectivity index (χ2n) is 11.7. The minimum atomic E-state index is -0.700. The van der Waals surface area contributed by atoms with Gasteiger partial charge < -0.3 is 20.1 Å². The van der Waals surface area contributed by atoms with Crippen LogP contribution in [0.1, 0.15) is 78.6 Å². The zero-order chi connectivity index (χ0) is 21.8. The van der Waals surface area contributed by atoms with Crippen LogP contribution in [0.25, 0.3) is 0 Å². The monoisotopic (exact) mass is 422 g/mol. The van der Waals surface area contributed by atoms with Crippen LogP contribution in [0.5, 0.6) is 0 Å². The maximum atomic E-state index is 11.6. The van der Waals surface area contributed by atoms with E-state index in [4.69, 9.17) is 9.84 Å². The molecule has 0 spiro atoms. The van der Waals surface area contributed by atoms with E-state index in [2.05, 4.69) is 20.8 Å². The molecule has 11 atom stereocenters. The number of carbonyl (C=O) groups is 1. The van der Waals surface area contributed by atoms with Crippen LogP contribution in [-0.4, -0.2) is 46.7 Å². The van der Waals surface area contributed by atoms with Crippen LogP contribution in [-0.2, 0) is 9.53 Å². The van der Waals surface area contributed by atoms with Gasteiger partial charge >= 0.3 is 5.97 Å². The summed E-state index contributed by atoms with van der Waals surface area (Å²) in [7, 11) is 1.73. The first-order chi connectivity index (χ1) is 14.1. The fourth-order valence-corrected chi connectivity index (χ4v) is 9.04. The quantitative estimate of drug-likeness (QED) is 0.621. The molecule has 4 rings (SSSR count). The number of carboxylic acid groups (broad SMARTS) is 1. The Morgan fingerprint density at radius 1 is 1.03 bits per heavy atom. The van der Waals surface area contributed by atoms with Crippen LogP contribution in [0.15, 0.2) is 0 Å². The van der Waals surface area contributed by atoms with Gasteiger partial charge in [0.1, 0.15) is 0 Å². The summed E-state index contributed by atoms with van der Waals surface area (Å²) in [5, 5.41) is 31.1. The highest BCUT2D eigenvalue weighted by Gasteiger charge is 2.65. The van der Waals surface area contributed by atoms with E-state index in [9.17, 15) is 15.0 Å². The maximum absolute atomic E-state index is 11.6. The topological polar surface area (TPSA) is 87.0 Å². The van der Waals surface area contributed by atoms with Gasteiger partial charge in [-0.15, -0.1) is 0 Å². The van der Waals surface area contributed by atoms with Crippen molar-refractivity contribution in [3.05, 3.63) is 0 Å². The third kappa shape index (κ3) is 3.34. The summed E-state index contributed by atoms with van der Waals surface area (Å²) in [5.74, 6) is 1.68. The number of rotatable bonds is 5. The third-order valence-corrected chi connectivity index (χ3v) is 10.5. The predicted octanol–water partition coefficient (Wildman–Crippen LogP) is 4.10. The first kappa shape index (κ1) is 22.5. The first-order valence-electron chi connectivity index (χ1n) is 12.2. The Kier molecular flexibility index (Phi) is 6.04. The molecule has 4 aliphatic carbocycles. The van der Waals surface area contributed by atoms with Gasteiger partial charge in [-0.3, -0.25) is 4.79 Å². The molecule has 30 heavy (non-hydrogen) atoms. The van der Waals surface area contributed by atoms with E-state index in [0.29, 0.717) is 23.7 Å². The SMILES string of the molecule is CO[C@H]1[C@@H](O)[C@@H]2[C@H](CC[C@]3(C)[C@@H]([C@H](C)CCC(=O)O)CC[C@@H]23)[C@@]2(C)CC[C@@H](O)C[C@@H]12. The molecule has 0 amide bonds. The zero-order valence-electron chi connectivity index (χ0n) is 19.2. The van der Waals surface area contributed by atoms with Crippen LogP contribution in [0.2, 0.25) is 0 Å². The van der Waals surface area contributed by atoms with Gasteiger partial charge in [0.2, 0.25) is 0 Å². The Morgan fingerprint density at radius 2 is 1.70 bits per heavy atom. The molecule has 172 valence electrons. The van der Waals surface area contributed by atoms with E-state index in [0.717, 1.165) is 44.9 Å². The molecule has 0 aromatic carbocycles. The van der Waals surface area contributed by atoms with Gasteiger partial charge in [0.25, 0.3) is 0 Å². The summed E-state index contributed by atoms with van der Waals surface area (Å²) >= 11 is 0. The average molecular weight is 423 g/mol. The number of aliphatic hydroxyl groups is 2. The van der Waals surface area contributed by atoms with Gasteiger partial charge in [-0.25, -0.2) is 0 Å². The summed E-state index contributed by atoms with van der Waals surface area (Å²) in [6.07, 6.45) is 7.28. The Morgan fingerprint density at radius 3 is 2.37 bits per heavy atom. The van der Waals surface area contributed by atoms with Gasteiger partial charge in [-0.1, -0.05) is 20.8 Å². The second-order valence-corrected chi connectivity index (χ2v) is 11.7. The number of methoxy groups -OCH3 is 1. The molecule has 0 bridgehead atoms. The molecule has 4 fully saturated rings. The van der Waals surface area contributed by atoms with E-state index in [1.54, 1.807) is 7.11 Å². The lowest BCUT2D eigenvalue weighted by Gasteiger charge is -2.64. The molecule has 0 radical (unpaired) electrons. The number of carboxylic acids is 1. The van der Waals surface area contributed by atoms with E-state index >= 15 is 0 Å². The van der Waals surface area contributed by atoms with Crippen molar-refractivity contribution < 1.29 is 24.9 Å². The van der Waals surface area contributed by atoms with Crippen LogP contribution in [0.4, 0.5) is 0 Å². The zero-order valence-corrected chi connectivity index (χ0v) is 19.2. The van der Waals surface area contributed by atoms with Gasteiger partial charge in [0.15, 0.2) is 0 Å². The van der Waals surface area contributed by atoms with Crippen LogP contribution >= 0.6 is 0 Å². The van der Waals surface area contributed by atoms with Crippen LogP contribution in [0, 0.1) is 46.3 Å². The highest BCUT2D eigenvalue weighted by atomic mass is 16.5. The molecule has 0 unspecified atom stereocenters. The Labute approximate surface area is 181 Å². The highest BCUT2D eigenvalue weighted by molar-refractivity contribution is 5.66. The molecule has 0 aromatic heterocycles. The Balaban J connectivity index is 1.61. The second kappa shape index (κ2) is 8.04. The summed E-state index contributed by atoms with van der Waals surface area (Å²) in [6.45, 7) is 7.07. The van der Waals surface area contributed by atoms with Crippen molar-refractivity contribution in [3.63, 3.8) is 0 Å². The maximum Gasteiger partial charge on any atom is 0.303 e. The lowest BCUT2D eigenvalue weighted by atomic mass is 9.43. The Hall–Kier alpha value is -0.650. The van der Waals surface area contributed by atoms with Gasteiger partial charge in [0, 0.05) is 13.5 Å². The molecule has 3 N–H and O–H groups in total. The first-order valence-corrected chi connectivity index (χ1v) is 12.2. The molecule has 5 nitrogen and oxygen atoms in total. The van der Waals surface area contributed by atoms with Crippen molar-refractivity contribution in [2.24, 2.45) is 46.3 Å². The molecule has 5 heteroatoms. The molecule has 0 aromatic rings. The number of hydrogen-bond acceptors (Lipinski definition) is 4. The van der Waals surface area contributed by atoms with E-state index < -0.39 is 12.1 Å². The number of aliphatic carboxylic acids is 1. The highest BCUT2D eigenvalue weighted by Crippen LogP contribution is 2.68. The molecule has 0 aliphatic heterocycles. The Bertz CT molecular complexity index is 651. The molecular formula is C25H42O5. The lowest BCUT2D eigenvalue weighted by Crippen LogP contribution is -2.64. The summed E-state index contributed by atoms with van der Waals surface area (Å²) in [5.41, 5.74) is 0.299. The fourth-order valence-electron chi connectivity index (χ4n) is 9.04. The standard InChI is InChI=1S/C25H42O5/c1-14(5-8-20(27)28)16-6-7-17-21-18(10-12-24(16,17)2)25(3)11-9-15(26)13-19(25)23(30-4)22(21)29/h14-19,21-23,26,29H,5-13H2,1-4H3,(H,27,28)/t14-,15-,16-,17+,18+,19+,21+,22+,23-,24-,25-/m1/s1. The van der Waals surface area contributed by atoms with Crippen molar-refractivity contribution in [2.45, 2.75) is 96.9 Å². The van der Waals surface area contributed by atoms with E-state index in [1.165, 1.54) is 6.42 Å². The van der Waals surface area contributed by atoms with Crippen molar-refractivity contribution in [3.8, 4) is 0 Å². The largest absolute Gasteiger partial charge is 0.481 e. The van der Waals surface area contributed by atoms with Crippen LogP contribution in [0.3, 0.4) is 0 Å². The number of aliphatic hydroxyl groups excluding tert-OH is 2. The number of ether oxygens (including phenoxy) is 1. The number of fused-ring (bicyclic) bond motifs is 5. The summed E-state index contributed by atoms with van der Waals surface area (Å²) in [6, 6.07) is 0. The molecule has 0 heterocycles. The van der Waals surface area contributed by atoms with Crippen molar-refractivity contribution >= 4 is 5.97 Å². The minimum absolute atomic E-state index is 0.123. The lowest BCUT2D eigenvalue weighted by molar-refractivity contribution is -0.230. The van der Waals surface area contributed by atoms with Gasteiger partial charge in [-0.2, -0.15) is 0 Å². The van der Waals surface area contributed by atoms with E-state index in [1.807, 2.05) is 0 Å². The summed E-state index contributed by atoms with van der Waals surface area (Å²) < 4.78 is 5.93. The van der Waals surface area contributed by atoms with Crippen molar-refractivity contribution in [2.75, 3.05) is 7.11 Å². The van der Waals surface area contributed by atoms with Gasteiger partial charge in [0.05, 0.1) is 18.3 Å². The average Bonchev–Trinajstić information content (AvgIpc) is 3.05. The number of hydrogen-bond donors (Lipinski definition) is 3. The summed E-state index contributed by atoms with van der Waals surface area (Å²) in [4.78, 5) is 11.1. The fraction of sp³-hybridized carbons (Fsp3) is 0.960. The molecular weight excluding hydrogens is 380 g/mol. The smallest absolute Gasteiger partial charge is 0.303 e. The van der Waals surface area contributed by atoms with Crippen molar-refractivity contribution in [1.29, 1.82) is 0 Å². The molecule has 4 aliphatic rings. The normalized spacial score (nSPS) is 51.5. The van der Waals surface area contributed by atoms with E-state index in [-0.39, 0.29) is 41.3 Å². The van der Waals surface area contributed by atoms with Crippen molar-refractivity contribution in [1.82, 2.24) is 0 Å². The molecule has 4 saturated carbocycles. The van der Waals surface area contributed by atoms with Crippen LogP contribution < -0.4 is 0 Å². The molecule has 0 saturated heterocycles.